The van der Waals surface area contributed by atoms with E-state index in [0.717, 1.165) is 31.5 Å². The third-order valence-corrected chi connectivity index (χ3v) is 7.36. The zero-order valence-corrected chi connectivity index (χ0v) is 23.1. The number of aromatic nitrogens is 1. The Bertz CT molecular complexity index is 1140. The normalized spacial score (nSPS) is 21.5. The summed E-state index contributed by atoms with van der Waals surface area (Å²) in [7, 11) is 0. The van der Waals surface area contributed by atoms with E-state index in [1.165, 1.54) is 0 Å². The molecule has 2 amide bonds. The monoisotopic (exact) mass is 548 g/mol. The number of pyridine rings is 1. The maximum atomic E-state index is 13.1. The third-order valence-electron chi connectivity index (χ3n) is 6.83. The predicted molar refractivity (Wildman–Crippen MR) is 144 cm³/mol. The van der Waals surface area contributed by atoms with Gasteiger partial charge in [-0.05, 0) is 83.7 Å². The average molecular weight is 549 g/mol. The Labute approximate surface area is 227 Å². The Morgan fingerprint density at radius 2 is 1.78 bits per heavy atom. The first-order valence-corrected chi connectivity index (χ1v) is 13.3. The molecule has 2 saturated heterocycles. The number of nitrogens with one attached hydrogen (secondary N) is 2. The minimum absolute atomic E-state index is 0.0247. The van der Waals surface area contributed by atoms with Gasteiger partial charge in [-0.2, -0.15) is 0 Å². The summed E-state index contributed by atoms with van der Waals surface area (Å²) < 4.78 is 5.95. The number of carbonyl (C=O) groups is 2. The Kier molecular flexibility index (Phi) is 7.93. The summed E-state index contributed by atoms with van der Waals surface area (Å²) in [5, 5.41) is 16.6. The summed E-state index contributed by atoms with van der Waals surface area (Å²) in [4.78, 5) is 32.4. The van der Waals surface area contributed by atoms with Gasteiger partial charge in [0.15, 0.2) is 5.60 Å². The molecule has 0 saturated carbocycles. The highest BCUT2D eigenvalue weighted by molar-refractivity contribution is 6.35. The van der Waals surface area contributed by atoms with Crippen molar-refractivity contribution < 1.29 is 19.4 Å². The van der Waals surface area contributed by atoms with E-state index in [4.69, 9.17) is 27.9 Å². The molecular formula is C27H34Cl2N4O4. The van der Waals surface area contributed by atoms with Gasteiger partial charge in [0.25, 0.3) is 11.8 Å². The molecule has 2 aliphatic rings. The topological polar surface area (TPSA) is 104 Å². The second-order valence-electron chi connectivity index (χ2n) is 11.0. The molecule has 200 valence electrons. The number of hydrogen-bond donors (Lipinski definition) is 3. The average Bonchev–Trinajstić information content (AvgIpc) is 3.09. The van der Waals surface area contributed by atoms with Crippen LogP contribution in [0.5, 0.6) is 5.75 Å². The van der Waals surface area contributed by atoms with Crippen LogP contribution in [0.25, 0.3) is 0 Å². The lowest BCUT2D eigenvalue weighted by atomic mass is 9.96. The van der Waals surface area contributed by atoms with Crippen LogP contribution in [0.4, 0.5) is 5.82 Å². The number of nitrogens with zero attached hydrogens (tertiary/aromatic N) is 2. The number of halogens is 2. The fraction of sp³-hybridized carbons (Fsp3) is 0.519. The SMILES string of the molecule is CC(C)(O)CNC(=O)c1ccc(N2[C@@H]3CC[C@H]2C[C@@H](NC(=O)C(C)(C)Oc2ccc(Cl)cc2Cl)C3)nc1. The molecule has 10 heteroatoms. The van der Waals surface area contributed by atoms with Crippen molar-refractivity contribution in [1.29, 1.82) is 0 Å². The third kappa shape index (κ3) is 6.67. The minimum atomic E-state index is -1.11. The molecule has 3 heterocycles. The molecule has 0 unspecified atom stereocenters. The lowest BCUT2D eigenvalue weighted by Gasteiger charge is -2.40. The molecule has 2 aromatic rings. The zero-order valence-electron chi connectivity index (χ0n) is 21.6. The molecule has 1 aromatic carbocycles. The first-order chi connectivity index (χ1) is 17.3. The maximum Gasteiger partial charge on any atom is 0.263 e. The molecule has 3 N–H and O–H groups in total. The Hall–Kier alpha value is -2.55. The summed E-state index contributed by atoms with van der Waals surface area (Å²) in [5.74, 6) is 0.771. The van der Waals surface area contributed by atoms with Gasteiger partial charge in [-0.1, -0.05) is 23.2 Å². The van der Waals surface area contributed by atoms with Crippen LogP contribution in [-0.2, 0) is 4.79 Å². The van der Waals surface area contributed by atoms with E-state index in [2.05, 4.69) is 20.5 Å². The first-order valence-electron chi connectivity index (χ1n) is 12.5. The van der Waals surface area contributed by atoms with Crippen LogP contribution in [0.3, 0.4) is 0 Å². The molecule has 0 spiro atoms. The molecule has 1 aromatic heterocycles. The standard InChI is InChI=1S/C27H34Cl2N4O4/c1-26(2,36)15-31-24(34)16-5-10-23(30-14-16)33-19-7-8-20(33)13-18(12-19)32-25(35)27(3,4)37-22-9-6-17(28)11-21(22)29/h5-6,9-11,14,18-20,36H,7-8,12-13,15H2,1-4H3,(H,31,34)(H,32,35)/t18-,19+,20-. The summed E-state index contributed by atoms with van der Waals surface area (Å²) in [6.07, 6.45) is 5.22. The van der Waals surface area contributed by atoms with E-state index in [1.54, 1.807) is 58.2 Å². The van der Waals surface area contributed by atoms with E-state index in [1.807, 2.05) is 6.07 Å². The molecule has 3 atom stereocenters. The molecule has 37 heavy (non-hydrogen) atoms. The molecule has 0 radical (unpaired) electrons. The smallest absolute Gasteiger partial charge is 0.263 e. The predicted octanol–water partition coefficient (Wildman–Crippen LogP) is 4.36. The van der Waals surface area contributed by atoms with Gasteiger partial charge in [0.1, 0.15) is 11.6 Å². The lowest BCUT2D eigenvalue weighted by molar-refractivity contribution is -0.135. The van der Waals surface area contributed by atoms with E-state index in [9.17, 15) is 14.7 Å². The van der Waals surface area contributed by atoms with E-state index < -0.39 is 11.2 Å². The van der Waals surface area contributed by atoms with Crippen molar-refractivity contribution in [2.45, 2.75) is 82.7 Å². The van der Waals surface area contributed by atoms with E-state index in [0.29, 0.717) is 21.4 Å². The van der Waals surface area contributed by atoms with Crippen molar-refractivity contribution in [3.63, 3.8) is 0 Å². The highest BCUT2D eigenvalue weighted by Crippen LogP contribution is 2.39. The second-order valence-corrected chi connectivity index (χ2v) is 11.9. The van der Waals surface area contributed by atoms with Crippen molar-refractivity contribution >= 4 is 40.8 Å². The number of ether oxygens (including phenoxy) is 1. The number of carbonyl (C=O) groups excluding carboxylic acids is 2. The van der Waals surface area contributed by atoms with Crippen molar-refractivity contribution in [1.82, 2.24) is 15.6 Å². The number of benzene rings is 1. The van der Waals surface area contributed by atoms with Gasteiger partial charge < -0.3 is 25.4 Å². The van der Waals surface area contributed by atoms with Crippen LogP contribution >= 0.6 is 23.2 Å². The van der Waals surface area contributed by atoms with Gasteiger partial charge in [0.2, 0.25) is 0 Å². The van der Waals surface area contributed by atoms with Crippen LogP contribution < -0.4 is 20.3 Å². The summed E-state index contributed by atoms with van der Waals surface area (Å²) in [6, 6.07) is 9.08. The number of rotatable bonds is 8. The van der Waals surface area contributed by atoms with Gasteiger partial charge in [0.05, 0.1) is 16.2 Å². The van der Waals surface area contributed by atoms with Crippen molar-refractivity contribution in [2.24, 2.45) is 0 Å². The highest BCUT2D eigenvalue weighted by atomic mass is 35.5. The number of aliphatic hydroxyl groups is 1. The van der Waals surface area contributed by atoms with E-state index >= 15 is 0 Å². The fourth-order valence-corrected chi connectivity index (χ4v) is 5.43. The molecular weight excluding hydrogens is 515 g/mol. The van der Waals surface area contributed by atoms with Gasteiger partial charge >= 0.3 is 0 Å². The first kappa shape index (κ1) is 27.5. The number of hydrogen-bond acceptors (Lipinski definition) is 6. The van der Waals surface area contributed by atoms with E-state index in [-0.39, 0.29) is 36.5 Å². The summed E-state index contributed by atoms with van der Waals surface area (Å²) in [6.45, 7) is 6.88. The fourth-order valence-electron chi connectivity index (χ4n) is 4.98. The number of fused-ring (bicyclic) bond motifs is 2. The Balaban J connectivity index is 1.35. The van der Waals surface area contributed by atoms with Crippen molar-refractivity contribution in [3.8, 4) is 5.75 Å². The molecule has 2 fully saturated rings. The van der Waals surface area contributed by atoms with Gasteiger partial charge in [-0.25, -0.2) is 4.98 Å². The van der Waals surface area contributed by atoms with Crippen molar-refractivity contribution in [3.05, 3.63) is 52.1 Å². The van der Waals surface area contributed by atoms with Gasteiger partial charge in [-0.15, -0.1) is 0 Å². The van der Waals surface area contributed by atoms with Crippen LogP contribution in [0.1, 0.15) is 63.7 Å². The number of anilines is 1. The zero-order chi connectivity index (χ0) is 27.0. The maximum absolute atomic E-state index is 13.1. The number of amides is 2. The van der Waals surface area contributed by atoms with Crippen LogP contribution in [-0.4, -0.2) is 57.8 Å². The number of piperidine rings is 1. The summed E-state index contributed by atoms with van der Waals surface area (Å²) >= 11 is 12.2. The minimum Gasteiger partial charge on any atom is -0.476 e. The van der Waals surface area contributed by atoms with Crippen LogP contribution in [0.2, 0.25) is 10.0 Å². The van der Waals surface area contributed by atoms with Crippen LogP contribution in [0, 0.1) is 0 Å². The quantitative estimate of drug-likeness (QED) is 0.452. The lowest BCUT2D eigenvalue weighted by Crippen LogP contribution is -2.55. The second kappa shape index (κ2) is 10.7. The summed E-state index contributed by atoms with van der Waals surface area (Å²) in [5.41, 5.74) is -1.64. The van der Waals surface area contributed by atoms with Gasteiger partial charge in [-0.3, -0.25) is 9.59 Å². The van der Waals surface area contributed by atoms with Gasteiger partial charge in [0, 0.05) is 35.9 Å². The highest BCUT2D eigenvalue weighted by Gasteiger charge is 2.43. The molecule has 0 aliphatic carbocycles. The molecule has 2 bridgehead atoms. The molecule has 2 aliphatic heterocycles. The largest absolute Gasteiger partial charge is 0.476 e. The molecule has 8 nitrogen and oxygen atoms in total. The Morgan fingerprint density at radius 1 is 1.11 bits per heavy atom. The van der Waals surface area contributed by atoms with Crippen molar-refractivity contribution in [2.75, 3.05) is 11.4 Å². The van der Waals surface area contributed by atoms with Crippen LogP contribution in [0.15, 0.2) is 36.5 Å². The Morgan fingerprint density at radius 3 is 2.35 bits per heavy atom. The molecule has 4 rings (SSSR count).